The molecular formula is C9H11BrN2O2. The Hall–Kier alpha value is -1.23. The standard InChI is InChI=1S/C9H11BrN2O2/c1-2-14-8-4-3-6(10)5-7(8)9(11)12-13/h3-5,13H,2H2,1H3,(H2,11,12). The maximum absolute atomic E-state index is 8.56. The number of ether oxygens (including phenoxy) is 1. The van der Waals surface area contributed by atoms with E-state index in [2.05, 4.69) is 21.1 Å². The average molecular weight is 259 g/mol. The largest absolute Gasteiger partial charge is 0.493 e. The SMILES string of the molecule is CCOc1ccc(Br)cc1/C(N)=N/O. The van der Waals surface area contributed by atoms with Crippen LogP contribution in [0.2, 0.25) is 0 Å². The van der Waals surface area contributed by atoms with Crippen LogP contribution in [0.3, 0.4) is 0 Å². The minimum atomic E-state index is 0.0368. The third kappa shape index (κ3) is 2.38. The van der Waals surface area contributed by atoms with Crippen molar-refractivity contribution in [3.05, 3.63) is 28.2 Å². The van der Waals surface area contributed by atoms with Gasteiger partial charge in [-0.3, -0.25) is 0 Å². The van der Waals surface area contributed by atoms with Crippen molar-refractivity contribution in [1.29, 1.82) is 0 Å². The van der Waals surface area contributed by atoms with Crippen molar-refractivity contribution in [1.82, 2.24) is 0 Å². The van der Waals surface area contributed by atoms with E-state index in [-0.39, 0.29) is 5.84 Å². The molecule has 0 bridgehead atoms. The Morgan fingerprint density at radius 2 is 2.36 bits per heavy atom. The highest BCUT2D eigenvalue weighted by atomic mass is 79.9. The summed E-state index contributed by atoms with van der Waals surface area (Å²) < 4.78 is 6.17. The van der Waals surface area contributed by atoms with Crippen LogP contribution < -0.4 is 10.5 Å². The second-order valence-electron chi connectivity index (χ2n) is 2.56. The van der Waals surface area contributed by atoms with Gasteiger partial charge in [0.1, 0.15) is 5.75 Å². The summed E-state index contributed by atoms with van der Waals surface area (Å²) in [5.41, 5.74) is 6.07. The third-order valence-electron chi connectivity index (χ3n) is 1.63. The lowest BCUT2D eigenvalue weighted by Crippen LogP contribution is -2.14. The summed E-state index contributed by atoms with van der Waals surface area (Å²) in [7, 11) is 0. The summed E-state index contributed by atoms with van der Waals surface area (Å²) in [6.07, 6.45) is 0. The summed E-state index contributed by atoms with van der Waals surface area (Å²) >= 11 is 3.30. The molecule has 0 spiro atoms. The first-order chi connectivity index (χ1) is 6.69. The lowest BCUT2D eigenvalue weighted by Gasteiger charge is -2.08. The molecule has 0 saturated carbocycles. The molecule has 0 unspecified atom stereocenters. The fraction of sp³-hybridized carbons (Fsp3) is 0.222. The number of benzene rings is 1. The monoisotopic (exact) mass is 258 g/mol. The molecule has 0 aromatic heterocycles. The molecule has 14 heavy (non-hydrogen) atoms. The van der Waals surface area contributed by atoms with Crippen LogP contribution in [0.1, 0.15) is 12.5 Å². The third-order valence-corrected chi connectivity index (χ3v) is 2.12. The van der Waals surface area contributed by atoms with Gasteiger partial charge in [0.25, 0.3) is 0 Å². The molecule has 0 radical (unpaired) electrons. The van der Waals surface area contributed by atoms with Gasteiger partial charge in [0.05, 0.1) is 12.2 Å². The molecule has 0 aliphatic heterocycles. The first-order valence-corrected chi connectivity index (χ1v) is 4.88. The molecular weight excluding hydrogens is 248 g/mol. The lowest BCUT2D eigenvalue weighted by molar-refractivity contribution is 0.317. The summed E-state index contributed by atoms with van der Waals surface area (Å²) in [5.74, 6) is 0.640. The van der Waals surface area contributed by atoms with Crippen molar-refractivity contribution in [3.63, 3.8) is 0 Å². The molecule has 0 saturated heterocycles. The van der Waals surface area contributed by atoms with E-state index in [4.69, 9.17) is 15.7 Å². The quantitative estimate of drug-likeness (QED) is 0.377. The molecule has 0 atom stereocenters. The Morgan fingerprint density at radius 3 is 2.93 bits per heavy atom. The lowest BCUT2D eigenvalue weighted by atomic mass is 10.2. The topological polar surface area (TPSA) is 67.8 Å². The normalized spacial score (nSPS) is 11.4. The van der Waals surface area contributed by atoms with Gasteiger partial charge in [-0.05, 0) is 25.1 Å². The van der Waals surface area contributed by atoms with Gasteiger partial charge in [-0.15, -0.1) is 0 Å². The Labute approximate surface area is 90.5 Å². The van der Waals surface area contributed by atoms with Crippen molar-refractivity contribution in [2.75, 3.05) is 6.61 Å². The number of oxime groups is 1. The zero-order chi connectivity index (χ0) is 10.6. The molecule has 76 valence electrons. The Bertz CT molecular complexity index is 353. The predicted molar refractivity (Wildman–Crippen MR) is 57.8 cm³/mol. The van der Waals surface area contributed by atoms with Gasteiger partial charge in [-0.1, -0.05) is 21.1 Å². The van der Waals surface area contributed by atoms with Gasteiger partial charge in [0.2, 0.25) is 0 Å². The van der Waals surface area contributed by atoms with Crippen LogP contribution in [0.15, 0.2) is 27.8 Å². The van der Waals surface area contributed by atoms with E-state index >= 15 is 0 Å². The van der Waals surface area contributed by atoms with Crippen LogP contribution in [0.5, 0.6) is 5.75 Å². The first kappa shape index (κ1) is 10.8. The van der Waals surface area contributed by atoms with Crippen LogP contribution in [0.4, 0.5) is 0 Å². The van der Waals surface area contributed by atoms with Crippen molar-refractivity contribution in [3.8, 4) is 5.75 Å². The second-order valence-corrected chi connectivity index (χ2v) is 3.47. The minimum absolute atomic E-state index is 0.0368. The number of hydrogen-bond donors (Lipinski definition) is 2. The zero-order valence-electron chi connectivity index (χ0n) is 7.70. The van der Waals surface area contributed by atoms with E-state index in [0.29, 0.717) is 17.9 Å². The van der Waals surface area contributed by atoms with E-state index in [1.165, 1.54) is 0 Å². The number of nitrogens with two attached hydrogens (primary N) is 1. The number of hydrogen-bond acceptors (Lipinski definition) is 3. The van der Waals surface area contributed by atoms with E-state index in [9.17, 15) is 0 Å². The second kappa shape index (κ2) is 4.85. The molecule has 0 heterocycles. The summed E-state index contributed by atoms with van der Waals surface area (Å²) in [6, 6.07) is 5.33. The Balaban J connectivity index is 3.15. The van der Waals surface area contributed by atoms with E-state index in [1.54, 1.807) is 12.1 Å². The van der Waals surface area contributed by atoms with Crippen LogP contribution in [0.25, 0.3) is 0 Å². The molecule has 1 aromatic rings. The van der Waals surface area contributed by atoms with Crippen molar-refractivity contribution in [2.45, 2.75) is 6.92 Å². The van der Waals surface area contributed by atoms with Crippen LogP contribution >= 0.6 is 15.9 Å². The van der Waals surface area contributed by atoms with Gasteiger partial charge in [0, 0.05) is 4.47 Å². The highest BCUT2D eigenvalue weighted by molar-refractivity contribution is 9.10. The summed E-state index contributed by atoms with van der Waals surface area (Å²) in [5, 5.41) is 11.5. The molecule has 0 aliphatic rings. The number of halogens is 1. The summed E-state index contributed by atoms with van der Waals surface area (Å²) in [6.45, 7) is 2.41. The van der Waals surface area contributed by atoms with Crippen molar-refractivity contribution < 1.29 is 9.94 Å². The minimum Gasteiger partial charge on any atom is -0.493 e. The zero-order valence-corrected chi connectivity index (χ0v) is 9.28. The van der Waals surface area contributed by atoms with E-state index in [1.807, 2.05) is 13.0 Å². The highest BCUT2D eigenvalue weighted by Gasteiger charge is 2.08. The Morgan fingerprint density at radius 1 is 1.64 bits per heavy atom. The Kier molecular flexibility index (Phi) is 3.76. The van der Waals surface area contributed by atoms with Crippen LogP contribution in [0, 0.1) is 0 Å². The molecule has 0 fully saturated rings. The van der Waals surface area contributed by atoms with Gasteiger partial charge in [-0.2, -0.15) is 0 Å². The van der Waals surface area contributed by atoms with Gasteiger partial charge in [-0.25, -0.2) is 0 Å². The molecule has 1 aromatic carbocycles. The highest BCUT2D eigenvalue weighted by Crippen LogP contribution is 2.22. The molecule has 3 N–H and O–H groups in total. The van der Waals surface area contributed by atoms with Crippen LogP contribution in [-0.4, -0.2) is 17.6 Å². The van der Waals surface area contributed by atoms with E-state index < -0.39 is 0 Å². The van der Waals surface area contributed by atoms with Gasteiger partial charge >= 0.3 is 0 Å². The molecule has 0 aliphatic carbocycles. The smallest absolute Gasteiger partial charge is 0.173 e. The van der Waals surface area contributed by atoms with Gasteiger partial charge < -0.3 is 15.7 Å². The molecule has 0 amide bonds. The fourth-order valence-electron chi connectivity index (χ4n) is 1.04. The molecule has 5 heteroatoms. The average Bonchev–Trinajstić information content (AvgIpc) is 2.20. The maximum atomic E-state index is 8.56. The van der Waals surface area contributed by atoms with Crippen molar-refractivity contribution in [2.24, 2.45) is 10.9 Å². The number of rotatable bonds is 3. The predicted octanol–water partition coefficient (Wildman–Crippen LogP) is 1.94. The molecule has 1 rings (SSSR count). The number of amidine groups is 1. The van der Waals surface area contributed by atoms with Crippen LogP contribution in [-0.2, 0) is 0 Å². The first-order valence-electron chi connectivity index (χ1n) is 4.09. The fourth-order valence-corrected chi connectivity index (χ4v) is 1.40. The molecule has 4 nitrogen and oxygen atoms in total. The van der Waals surface area contributed by atoms with Crippen molar-refractivity contribution >= 4 is 21.8 Å². The summed E-state index contributed by atoms with van der Waals surface area (Å²) in [4.78, 5) is 0. The maximum Gasteiger partial charge on any atom is 0.173 e. The number of nitrogens with zero attached hydrogens (tertiary/aromatic N) is 1. The van der Waals surface area contributed by atoms with E-state index in [0.717, 1.165) is 4.47 Å². The van der Waals surface area contributed by atoms with Gasteiger partial charge in [0.15, 0.2) is 5.84 Å².